The lowest BCUT2D eigenvalue weighted by Crippen LogP contribution is -2.38. The van der Waals surface area contributed by atoms with E-state index in [-0.39, 0.29) is 29.9 Å². The van der Waals surface area contributed by atoms with Crippen molar-refractivity contribution in [2.45, 2.75) is 25.8 Å². The van der Waals surface area contributed by atoms with Gasteiger partial charge in [-0.2, -0.15) is 0 Å². The fourth-order valence-electron chi connectivity index (χ4n) is 3.28. The summed E-state index contributed by atoms with van der Waals surface area (Å²) in [6.45, 7) is 1.94. The molecular weight excluding hydrogens is 328 g/mol. The van der Waals surface area contributed by atoms with Crippen LogP contribution in [0.2, 0.25) is 0 Å². The van der Waals surface area contributed by atoms with Crippen LogP contribution in [0, 0.1) is 6.92 Å². The molecule has 1 fully saturated rings. The Morgan fingerprint density at radius 2 is 2.17 bits per heavy atom. The van der Waals surface area contributed by atoms with E-state index in [4.69, 9.17) is 4.74 Å². The third-order valence-corrected chi connectivity index (χ3v) is 6.55. The number of rotatable bonds is 4. The van der Waals surface area contributed by atoms with Gasteiger partial charge in [0.1, 0.15) is 5.75 Å². The maximum absolute atomic E-state index is 12.6. The number of ether oxygens (including phenoxy) is 1. The number of sulfone groups is 1. The Morgan fingerprint density at radius 3 is 2.79 bits per heavy atom. The van der Waals surface area contributed by atoms with Crippen molar-refractivity contribution < 1.29 is 17.9 Å². The van der Waals surface area contributed by atoms with Gasteiger partial charge in [-0.1, -0.05) is 0 Å². The second kappa shape index (κ2) is 6.12. The summed E-state index contributed by atoms with van der Waals surface area (Å²) in [7, 11) is 0.300. The number of amides is 1. The molecule has 1 aromatic heterocycles. The van der Waals surface area contributed by atoms with E-state index in [1.54, 1.807) is 19.1 Å². The van der Waals surface area contributed by atoms with Crippen LogP contribution in [0.1, 0.15) is 17.7 Å². The quantitative estimate of drug-likeness (QED) is 0.910. The number of aryl methyl sites for hydroxylation is 1. The number of nitrogens with one attached hydrogen (secondary N) is 1. The van der Waals surface area contributed by atoms with Gasteiger partial charge in [0.15, 0.2) is 9.84 Å². The normalized spacial score (nSPS) is 19.5. The van der Waals surface area contributed by atoms with Crippen molar-refractivity contribution in [2.24, 2.45) is 0 Å². The molecule has 0 radical (unpaired) electrons. The molecule has 1 aromatic carbocycles. The lowest BCUT2D eigenvalue weighted by Gasteiger charge is -2.23. The summed E-state index contributed by atoms with van der Waals surface area (Å²) < 4.78 is 28.5. The van der Waals surface area contributed by atoms with Crippen LogP contribution >= 0.6 is 0 Å². The smallest absolute Gasteiger partial charge is 0.227 e. The standard InChI is InChI=1S/C17H22N2O4S/c1-11-14(15-8-13(23-3)4-5-16(15)18-11)9-17(20)19(2)12-6-7-24(21,22)10-12/h4-5,8,12,18H,6-7,9-10H2,1-3H3. The Balaban J connectivity index is 1.84. The molecule has 2 aromatic rings. The Kier molecular flexibility index (Phi) is 4.29. The van der Waals surface area contributed by atoms with Gasteiger partial charge in [0, 0.05) is 29.7 Å². The number of fused-ring (bicyclic) bond motifs is 1. The number of carbonyl (C=O) groups is 1. The molecular formula is C17H22N2O4S. The predicted molar refractivity (Wildman–Crippen MR) is 93.1 cm³/mol. The highest BCUT2D eigenvalue weighted by Gasteiger charge is 2.32. The van der Waals surface area contributed by atoms with E-state index in [0.717, 1.165) is 27.9 Å². The summed E-state index contributed by atoms with van der Waals surface area (Å²) in [6, 6.07) is 5.51. The number of aromatic amines is 1. The van der Waals surface area contributed by atoms with Gasteiger partial charge in [0.05, 0.1) is 25.0 Å². The van der Waals surface area contributed by atoms with E-state index in [2.05, 4.69) is 4.98 Å². The van der Waals surface area contributed by atoms with Gasteiger partial charge >= 0.3 is 0 Å². The zero-order valence-electron chi connectivity index (χ0n) is 14.1. The summed E-state index contributed by atoms with van der Waals surface area (Å²) in [4.78, 5) is 17.5. The first-order chi connectivity index (χ1) is 11.3. The first-order valence-corrected chi connectivity index (χ1v) is 9.74. The first kappa shape index (κ1) is 16.8. The molecule has 130 valence electrons. The van der Waals surface area contributed by atoms with E-state index in [0.29, 0.717) is 6.42 Å². The molecule has 1 saturated heterocycles. The van der Waals surface area contributed by atoms with Gasteiger partial charge in [0.25, 0.3) is 0 Å². The van der Waals surface area contributed by atoms with Crippen molar-refractivity contribution in [3.8, 4) is 5.75 Å². The Labute approximate surface area is 141 Å². The Hall–Kier alpha value is -2.02. The van der Waals surface area contributed by atoms with Crippen LogP contribution in [0.25, 0.3) is 10.9 Å². The first-order valence-electron chi connectivity index (χ1n) is 7.92. The number of hydrogen-bond donors (Lipinski definition) is 1. The summed E-state index contributed by atoms with van der Waals surface area (Å²) in [5.41, 5.74) is 2.84. The number of likely N-dealkylation sites (N-methyl/N-ethyl adjacent to an activating group) is 1. The molecule has 0 bridgehead atoms. The average molecular weight is 350 g/mol. The topological polar surface area (TPSA) is 79.5 Å². The van der Waals surface area contributed by atoms with Crippen LogP contribution in [-0.2, 0) is 21.1 Å². The largest absolute Gasteiger partial charge is 0.497 e. The van der Waals surface area contributed by atoms with Crippen LogP contribution in [0.4, 0.5) is 0 Å². The molecule has 1 aliphatic rings. The molecule has 1 amide bonds. The van der Waals surface area contributed by atoms with Crippen LogP contribution in [0.5, 0.6) is 5.75 Å². The van der Waals surface area contributed by atoms with Gasteiger partial charge in [-0.15, -0.1) is 0 Å². The van der Waals surface area contributed by atoms with Crippen LogP contribution in [0.3, 0.4) is 0 Å². The SMILES string of the molecule is COc1ccc2[nH]c(C)c(CC(=O)N(C)C3CCS(=O)(=O)C3)c2c1. The van der Waals surface area contributed by atoms with Crippen LogP contribution in [0.15, 0.2) is 18.2 Å². The maximum atomic E-state index is 12.6. The predicted octanol–water partition coefficient (Wildman–Crippen LogP) is 1.67. The summed E-state index contributed by atoms with van der Waals surface area (Å²) >= 11 is 0. The van der Waals surface area contributed by atoms with Gasteiger partial charge in [0.2, 0.25) is 5.91 Å². The second-order valence-electron chi connectivity index (χ2n) is 6.38. The van der Waals surface area contributed by atoms with Gasteiger partial charge in [-0.25, -0.2) is 8.42 Å². The number of H-pyrrole nitrogens is 1. The van der Waals surface area contributed by atoms with E-state index >= 15 is 0 Å². The molecule has 7 heteroatoms. The minimum absolute atomic E-state index is 0.0654. The number of hydrogen-bond acceptors (Lipinski definition) is 4. The molecule has 3 rings (SSSR count). The molecule has 2 heterocycles. The Bertz CT molecular complexity index is 885. The fraction of sp³-hybridized carbons (Fsp3) is 0.471. The number of nitrogens with zero attached hydrogens (tertiary/aromatic N) is 1. The maximum Gasteiger partial charge on any atom is 0.227 e. The molecule has 1 aliphatic heterocycles. The van der Waals surface area contributed by atoms with E-state index in [1.165, 1.54) is 0 Å². The van der Waals surface area contributed by atoms with Crippen molar-refractivity contribution in [1.29, 1.82) is 0 Å². The number of aromatic nitrogens is 1. The minimum Gasteiger partial charge on any atom is -0.497 e. The molecule has 0 spiro atoms. The highest BCUT2D eigenvalue weighted by molar-refractivity contribution is 7.91. The van der Waals surface area contributed by atoms with Crippen molar-refractivity contribution in [2.75, 3.05) is 25.7 Å². The lowest BCUT2D eigenvalue weighted by molar-refractivity contribution is -0.130. The highest BCUT2D eigenvalue weighted by Crippen LogP contribution is 2.27. The van der Waals surface area contributed by atoms with E-state index in [1.807, 2.05) is 25.1 Å². The lowest BCUT2D eigenvalue weighted by atomic mass is 10.1. The molecule has 1 atom stereocenters. The van der Waals surface area contributed by atoms with Gasteiger partial charge in [-0.3, -0.25) is 4.79 Å². The third-order valence-electron chi connectivity index (χ3n) is 4.80. The monoisotopic (exact) mass is 350 g/mol. The summed E-state index contributed by atoms with van der Waals surface area (Å²) in [6.07, 6.45) is 0.761. The fourth-order valence-corrected chi connectivity index (χ4v) is 5.05. The van der Waals surface area contributed by atoms with Crippen LogP contribution < -0.4 is 4.74 Å². The van der Waals surface area contributed by atoms with E-state index in [9.17, 15) is 13.2 Å². The molecule has 0 aliphatic carbocycles. The molecule has 0 saturated carbocycles. The molecule has 6 nitrogen and oxygen atoms in total. The molecule has 24 heavy (non-hydrogen) atoms. The second-order valence-corrected chi connectivity index (χ2v) is 8.61. The number of methoxy groups -OCH3 is 1. The highest BCUT2D eigenvalue weighted by atomic mass is 32.2. The van der Waals surface area contributed by atoms with Crippen molar-refractivity contribution in [1.82, 2.24) is 9.88 Å². The molecule has 1 N–H and O–H groups in total. The van der Waals surface area contributed by atoms with Crippen molar-refractivity contribution in [3.05, 3.63) is 29.5 Å². The van der Waals surface area contributed by atoms with E-state index < -0.39 is 9.84 Å². The number of carbonyl (C=O) groups excluding carboxylic acids is 1. The van der Waals surface area contributed by atoms with Gasteiger partial charge in [-0.05, 0) is 37.1 Å². The van der Waals surface area contributed by atoms with Crippen molar-refractivity contribution >= 4 is 26.6 Å². The Morgan fingerprint density at radius 1 is 1.42 bits per heavy atom. The van der Waals surface area contributed by atoms with Gasteiger partial charge < -0.3 is 14.6 Å². The third kappa shape index (κ3) is 3.13. The van der Waals surface area contributed by atoms with Crippen molar-refractivity contribution in [3.63, 3.8) is 0 Å². The average Bonchev–Trinajstić information content (AvgIpc) is 3.06. The summed E-state index contributed by atoms with van der Waals surface area (Å²) in [5.74, 6) is 0.906. The minimum atomic E-state index is -3.00. The zero-order chi connectivity index (χ0) is 17.5. The zero-order valence-corrected chi connectivity index (χ0v) is 14.9. The molecule has 1 unspecified atom stereocenters. The van der Waals surface area contributed by atoms with Crippen LogP contribution in [-0.4, -0.2) is 55.9 Å². The summed E-state index contributed by atoms with van der Waals surface area (Å²) in [5, 5.41) is 0.965. The number of benzene rings is 1.